The van der Waals surface area contributed by atoms with Crippen molar-refractivity contribution in [3.8, 4) is 16.3 Å². The van der Waals surface area contributed by atoms with E-state index < -0.39 is 18.5 Å². The number of carbonyl (C=O) groups excluding carboxylic acids is 3. The SMILES string of the molecule is CNC(=O)CN(C)C(=O)COC(=O)c1sc(-c2ccc(OC)cc2)nc1C. The van der Waals surface area contributed by atoms with Crippen LogP contribution in [0.1, 0.15) is 15.4 Å². The van der Waals surface area contributed by atoms with Crippen molar-refractivity contribution in [3.05, 3.63) is 34.8 Å². The van der Waals surface area contributed by atoms with E-state index in [0.29, 0.717) is 15.6 Å². The molecule has 0 aliphatic heterocycles. The summed E-state index contributed by atoms with van der Waals surface area (Å²) in [5.74, 6) is -0.665. The molecule has 0 radical (unpaired) electrons. The molecule has 0 atom stereocenters. The van der Waals surface area contributed by atoms with E-state index in [4.69, 9.17) is 9.47 Å². The molecule has 1 aromatic heterocycles. The molecular formula is C18H21N3O5S. The number of amides is 2. The Hall–Kier alpha value is -2.94. The molecule has 27 heavy (non-hydrogen) atoms. The van der Waals surface area contributed by atoms with Crippen LogP contribution in [0.5, 0.6) is 5.75 Å². The molecular weight excluding hydrogens is 370 g/mol. The highest BCUT2D eigenvalue weighted by Gasteiger charge is 2.20. The second-order valence-electron chi connectivity index (χ2n) is 5.66. The van der Waals surface area contributed by atoms with Crippen LogP contribution >= 0.6 is 11.3 Å². The maximum absolute atomic E-state index is 12.3. The lowest BCUT2D eigenvalue weighted by Gasteiger charge is -2.15. The van der Waals surface area contributed by atoms with E-state index in [9.17, 15) is 14.4 Å². The maximum atomic E-state index is 12.3. The highest BCUT2D eigenvalue weighted by Crippen LogP contribution is 2.29. The van der Waals surface area contributed by atoms with E-state index in [2.05, 4.69) is 10.3 Å². The average Bonchev–Trinajstić information content (AvgIpc) is 3.07. The molecule has 1 aromatic carbocycles. The van der Waals surface area contributed by atoms with Gasteiger partial charge < -0.3 is 19.7 Å². The van der Waals surface area contributed by atoms with Crippen molar-refractivity contribution in [1.82, 2.24) is 15.2 Å². The summed E-state index contributed by atoms with van der Waals surface area (Å²) in [5, 5.41) is 3.09. The molecule has 0 aliphatic rings. The maximum Gasteiger partial charge on any atom is 0.350 e. The molecule has 144 valence electrons. The van der Waals surface area contributed by atoms with E-state index in [-0.39, 0.29) is 12.5 Å². The monoisotopic (exact) mass is 391 g/mol. The van der Waals surface area contributed by atoms with E-state index >= 15 is 0 Å². The highest BCUT2D eigenvalue weighted by atomic mass is 32.1. The van der Waals surface area contributed by atoms with Crippen LogP contribution in [0.2, 0.25) is 0 Å². The van der Waals surface area contributed by atoms with Gasteiger partial charge in [0.15, 0.2) is 6.61 Å². The number of likely N-dealkylation sites (N-methyl/N-ethyl adjacent to an activating group) is 2. The minimum Gasteiger partial charge on any atom is -0.497 e. The van der Waals surface area contributed by atoms with Crippen LogP contribution in [0.3, 0.4) is 0 Å². The van der Waals surface area contributed by atoms with Gasteiger partial charge in [0.05, 0.1) is 19.3 Å². The Bertz CT molecular complexity index is 832. The first kappa shape index (κ1) is 20.4. The molecule has 0 fully saturated rings. The van der Waals surface area contributed by atoms with Crippen molar-refractivity contribution >= 4 is 29.1 Å². The zero-order chi connectivity index (χ0) is 20.0. The highest BCUT2D eigenvalue weighted by molar-refractivity contribution is 7.17. The quantitative estimate of drug-likeness (QED) is 0.718. The van der Waals surface area contributed by atoms with E-state index in [0.717, 1.165) is 11.3 Å². The first-order chi connectivity index (χ1) is 12.8. The number of methoxy groups -OCH3 is 1. The zero-order valence-corrected chi connectivity index (χ0v) is 16.4. The summed E-state index contributed by atoms with van der Waals surface area (Å²) in [7, 11) is 4.53. The third kappa shape index (κ3) is 5.27. The largest absolute Gasteiger partial charge is 0.497 e. The van der Waals surface area contributed by atoms with Crippen LogP contribution in [-0.2, 0) is 14.3 Å². The van der Waals surface area contributed by atoms with Crippen LogP contribution < -0.4 is 10.1 Å². The van der Waals surface area contributed by atoms with Gasteiger partial charge in [-0.3, -0.25) is 9.59 Å². The number of ether oxygens (including phenoxy) is 2. The van der Waals surface area contributed by atoms with Gasteiger partial charge in [-0.2, -0.15) is 0 Å². The molecule has 0 saturated carbocycles. The lowest BCUT2D eigenvalue weighted by atomic mass is 10.2. The number of aryl methyl sites for hydroxylation is 1. The van der Waals surface area contributed by atoms with Crippen molar-refractivity contribution in [2.24, 2.45) is 0 Å². The van der Waals surface area contributed by atoms with Crippen LogP contribution in [0.4, 0.5) is 0 Å². The molecule has 0 bridgehead atoms. The number of hydrogen-bond donors (Lipinski definition) is 1. The fourth-order valence-corrected chi connectivity index (χ4v) is 3.09. The summed E-state index contributed by atoms with van der Waals surface area (Å²) in [6.07, 6.45) is 0. The third-order valence-electron chi connectivity index (χ3n) is 3.73. The van der Waals surface area contributed by atoms with Crippen molar-refractivity contribution < 1.29 is 23.9 Å². The number of aromatic nitrogens is 1. The zero-order valence-electron chi connectivity index (χ0n) is 15.6. The van der Waals surface area contributed by atoms with Crippen molar-refractivity contribution in [2.75, 3.05) is 34.4 Å². The predicted molar refractivity (Wildman–Crippen MR) is 101 cm³/mol. The number of benzene rings is 1. The number of esters is 1. The molecule has 9 heteroatoms. The van der Waals surface area contributed by atoms with Crippen molar-refractivity contribution in [1.29, 1.82) is 0 Å². The van der Waals surface area contributed by atoms with Gasteiger partial charge in [0.1, 0.15) is 15.6 Å². The number of nitrogens with zero attached hydrogens (tertiary/aromatic N) is 2. The summed E-state index contributed by atoms with van der Waals surface area (Å²) in [6, 6.07) is 7.32. The first-order valence-electron chi connectivity index (χ1n) is 8.09. The van der Waals surface area contributed by atoms with E-state index in [1.165, 1.54) is 30.3 Å². The average molecular weight is 391 g/mol. The summed E-state index contributed by atoms with van der Waals surface area (Å²) in [5.41, 5.74) is 1.38. The lowest BCUT2D eigenvalue weighted by molar-refractivity contribution is -0.137. The van der Waals surface area contributed by atoms with Gasteiger partial charge in [-0.15, -0.1) is 11.3 Å². The van der Waals surface area contributed by atoms with Crippen LogP contribution in [-0.4, -0.2) is 62.0 Å². The Morgan fingerprint density at radius 1 is 1.22 bits per heavy atom. The van der Waals surface area contributed by atoms with Gasteiger partial charge >= 0.3 is 5.97 Å². The molecule has 1 heterocycles. The number of nitrogens with one attached hydrogen (secondary N) is 1. The summed E-state index contributed by atoms with van der Waals surface area (Å²) in [4.78, 5) is 41.4. The number of hydrogen-bond acceptors (Lipinski definition) is 7. The van der Waals surface area contributed by atoms with E-state index in [1.807, 2.05) is 24.3 Å². The van der Waals surface area contributed by atoms with E-state index in [1.54, 1.807) is 14.0 Å². The van der Waals surface area contributed by atoms with Crippen LogP contribution in [0.25, 0.3) is 10.6 Å². The summed E-state index contributed by atoms with van der Waals surface area (Å²) in [6.45, 7) is 1.16. The Morgan fingerprint density at radius 2 is 1.89 bits per heavy atom. The topological polar surface area (TPSA) is 97.8 Å². The van der Waals surface area contributed by atoms with Crippen molar-refractivity contribution in [2.45, 2.75) is 6.92 Å². The van der Waals surface area contributed by atoms with Crippen LogP contribution in [0.15, 0.2) is 24.3 Å². The minimum atomic E-state index is -0.619. The fourth-order valence-electron chi connectivity index (χ4n) is 2.13. The second-order valence-corrected chi connectivity index (χ2v) is 6.66. The Morgan fingerprint density at radius 3 is 2.48 bits per heavy atom. The number of carbonyl (C=O) groups is 3. The predicted octanol–water partition coefficient (Wildman–Crippen LogP) is 1.49. The minimum absolute atomic E-state index is 0.103. The molecule has 0 saturated heterocycles. The molecule has 2 amide bonds. The normalized spacial score (nSPS) is 10.2. The van der Waals surface area contributed by atoms with Gasteiger partial charge in [0.2, 0.25) is 5.91 Å². The Kier molecular flexibility index (Phi) is 6.89. The molecule has 2 rings (SSSR count). The van der Waals surface area contributed by atoms with Gasteiger partial charge in [0.25, 0.3) is 5.91 Å². The second kappa shape index (κ2) is 9.13. The lowest BCUT2D eigenvalue weighted by Crippen LogP contribution is -2.39. The Labute approximate surface area is 161 Å². The molecule has 0 unspecified atom stereocenters. The molecule has 8 nitrogen and oxygen atoms in total. The molecule has 2 aromatic rings. The number of rotatable bonds is 7. The van der Waals surface area contributed by atoms with Crippen LogP contribution in [0, 0.1) is 6.92 Å². The summed E-state index contributed by atoms with van der Waals surface area (Å²) < 4.78 is 10.2. The summed E-state index contributed by atoms with van der Waals surface area (Å²) >= 11 is 1.19. The Balaban J connectivity index is 2.01. The fraction of sp³-hybridized carbons (Fsp3) is 0.333. The van der Waals surface area contributed by atoms with Crippen molar-refractivity contribution in [3.63, 3.8) is 0 Å². The third-order valence-corrected chi connectivity index (χ3v) is 4.92. The smallest absolute Gasteiger partial charge is 0.350 e. The van der Waals surface area contributed by atoms with Gasteiger partial charge in [0, 0.05) is 19.7 Å². The molecule has 0 aliphatic carbocycles. The standard InChI is InChI=1S/C18H21N3O5S/c1-11-16(18(24)26-10-15(23)21(3)9-14(22)19-2)27-17(20-11)12-5-7-13(25-4)8-6-12/h5-8H,9-10H2,1-4H3,(H,19,22). The van der Waals surface area contributed by atoms with Gasteiger partial charge in [-0.25, -0.2) is 9.78 Å². The van der Waals surface area contributed by atoms with Gasteiger partial charge in [-0.05, 0) is 31.2 Å². The van der Waals surface area contributed by atoms with Gasteiger partial charge in [-0.1, -0.05) is 0 Å². The molecule has 0 spiro atoms. The number of thiazole rings is 1. The first-order valence-corrected chi connectivity index (χ1v) is 8.91. The molecule has 1 N–H and O–H groups in total.